The molecule has 0 aliphatic rings. The number of amides is 2. The lowest BCUT2D eigenvalue weighted by Gasteiger charge is -2.19. The third kappa shape index (κ3) is 6.68. The highest BCUT2D eigenvalue weighted by Gasteiger charge is 2.16. The number of aromatic hydroxyl groups is 1. The Labute approximate surface area is 232 Å². The molecule has 0 radical (unpaired) electrons. The van der Waals surface area contributed by atoms with Crippen molar-refractivity contribution < 1.29 is 24.2 Å². The number of phenols is 1. The van der Waals surface area contributed by atoms with Gasteiger partial charge < -0.3 is 25.2 Å². The second-order valence-electron chi connectivity index (χ2n) is 9.51. The standard InChI is InChI=1S/C27H27ClN4O6S/c1-27(2,3)38-26(36)30-10-9-29-23(34)17-7-5-16(6-8-17)19-14-32-24(35)21(39-25(32)31-19)13-15-11-18(28)22(33)20(12-15)37-4/h5-8,11-14,33H,9-10H2,1-4H3,(H,29,34)(H,30,36)/b21-13-. The predicted octanol–water partition coefficient (Wildman–Crippen LogP) is 3.59. The maximum absolute atomic E-state index is 13.0. The molecule has 0 aliphatic carbocycles. The van der Waals surface area contributed by atoms with E-state index in [4.69, 9.17) is 21.1 Å². The zero-order valence-corrected chi connectivity index (χ0v) is 23.3. The molecule has 4 aromatic rings. The SMILES string of the molecule is COc1cc(/C=c2\sc3nc(-c4ccc(C(=O)NCCNC(=O)OC(C)(C)C)cc4)cn3c2=O)cc(Cl)c1O. The third-order valence-corrected chi connectivity index (χ3v) is 6.67. The number of rotatable bonds is 7. The van der Waals surface area contributed by atoms with Crippen molar-refractivity contribution in [2.45, 2.75) is 26.4 Å². The van der Waals surface area contributed by atoms with Gasteiger partial charge in [0.05, 0.1) is 22.4 Å². The molecule has 0 aliphatic heterocycles. The molecule has 0 bridgehead atoms. The van der Waals surface area contributed by atoms with E-state index in [0.717, 1.165) is 5.56 Å². The molecule has 0 spiro atoms. The molecule has 3 N–H and O–H groups in total. The maximum atomic E-state index is 13.0. The highest BCUT2D eigenvalue weighted by Crippen LogP contribution is 2.35. The zero-order chi connectivity index (χ0) is 28.3. The van der Waals surface area contributed by atoms with Crippen molar-refractivity contribution in [1.82, 2.24) is 20.0 Å². The van der Waals surface area contributed by atoms with Crippen molar-refractivity contribution in [2.75, 3.05) is 20.2 Å². The summed E-state index contributed by atoms with van der Waals surface area (Å²) < 4.78 is 12.2. The number of alkyl carbamates (subject to hydrolysis) is 1. The monoisotopic (exact) mass is 570 g/mol. The fraction of sp³-hybridized carbons (Fsp3) is 0.259. The first-order valence-electron chi connectivity index (χ1n) is 11.9. The molecule has 0 unspecified atom stereocenters. The number of halogens is 1. The Morgan fingerprint density at radius 3 is 2.49 bits per heavy atom. The van der Waals surface area contributed by atoms with Crippen LogP contribution in [-0.4, -0.2) is 52.3 Å². The average Bonchev–Trinajstić information content (AvgIpc) is 3.42. The highest BCUT2D eigenvalue weighted by molar-refractivity contribution is 7.15. The van der Waals surface area contributed by atoms with Gasteiger partial charge in [0.1, 0.15) is 5.60 Å². The summed E-state index contributed by atoms with van der Waals surface area (Å²) in [5.41, 5.74) is 1.55. The number of ether oxygens (including phenoxy) is 2. The summed E-state index contributed by atoms with van der Waals surface area (Å²) in [7, 11) is 1.42. The first-order valence-corrected chi connectivity index (χ1v) is 13.1. The fourth-order valence-electron chi connectivity index (χ4n) is 3.61. The van der Waals surface area contributed by atoms with Crippen LogP contribution in [0.3, 0.4) is 0 Å². The van der Waals surface area contributed by atoms with Crippen molar-refractivity contribution in [3.8, 4) is 22.8 Å². The van der Waals surface area contributed by atoms with Crippen LogP contribution in [0.1, 0.15) is 36.7 Å². The molecular weight excluding hydrogens is 544 g/mol. The topological polar surface area (TPSA) is 131 Å². The van der Waals surface area contributed by atoms with Crippen LogP contribution in [0.4, 0.5) is 4.79 Å². The molecule has 2 aromatic heterocycles. The third-order valence-electron chi connectivity index (χ3n) is 5.39. The lowest BCUT2D eigenvalue weighted by Crippen LogP contribution is -2.37. The molecule has 0 saturated heterocycles. The van der Waals surface area contributed by atoms with Gasteiger partial charge in [0, 0.05) is 30.4 Å². The number of methoxy groups -OCH3 is 1. The second kappa shape index (κ2) is 11.3. The molecule has 204 valence electrons. The van der Waals surface area contributed by atoms with E-state index in [2.05, 4.69) is 15.6 Å². The Hall–Kier alpha value is -4.09. The van der Waals surface area contributed by atoms with Gasteiger partial charge in [0.15, 0.2) is 16.5 Å². The minimum atomic E-state index is -0.591. The number of benzene rings is 2. The van der Waals surface area contributed by atoms with E-state index in [9.17, 15) is 19.5 Å². The van der Waals surface area contributed by atoms with E-state index < -0.39 is 11.7 Å². The van der Waals surface area contributed by atoms with Crippen LogP contribution in [0, 0.1) is 0 Å². The van der Waals surface area contributed by atoms with Gasteiger partial charge in [-0.1, -0.05) is 35.1 Å². The molecule has 12 heteroatoms. The van der Waals surface area contributed by atoms with Gasteiger partial charge in [-0.25, -0.2) is 9.78 Å². The normalized spacial score (nSPS) is 12.0. The van der Waals surface area contributed by atoms with E-state index in [1.807, 2.05) is 0 Å². The number of aromatic nitrogens is 2. The Kier molecular flexibility index (Phi) is 8.12. The number of hydrogen-bond acceptors (Lipinski definition) is 8. The number of imidazole rings is 1. The molecule has 0 atom stereocenters. The number of hydrogen-bond donors (Lipinski definition) is 3. The molecule has 2 aromatic carbocycles. The Morgan fingerprint density at radius 1 is 1.15 bits per heavy atom. The fourth-order valence-corrected chi connectivity index (χ4v) is 4.78. The number of fused-ring (bicyclic) bond motifs is 1. The lowest BCUT2D eigenvalue weighted by molar-refractivity contribution is 0.0526. The Morgan fingerprint density at radius 2 is 1.85 bits per heavy atom. The van der Waals surface area contributed by atoms with Gasteiger partial charge in [-0.05, 0) is 56.7 Å². The Balaban J connectivity index is 1.43. The average molecular weight is 571 g/mol. The number of phenolic OH excluding ortho intramolecular Hbond substituents is 1. The highest BCUT2D eigenvalue weighted by atomic mass is 35.5. The van der Waals surface area contributed by atoms with E-state index in [0.29, 0.717) is 26.3 Å². The molecule has 4 rings (SSSR count). The van der Waals surface area contributed by atoms with Crippen LogP contribution in [-0.2, 0) is 4.74 Å². The number of carbonyl (C=O) groups excluding carboxylic acids is 2. The largest absolute Gasteiger partial charge is 0.503 e. The van der Waals surface area contributed by atoms with Crippen molar-refractivity contribution in [1.29, 1.82) is 0 Å². The number of nitrogens with zero attached hydrogens (tertiary/aromatic N) is 2. The molecule has 39 heavy (non-hydrogen) atoms. The van der Waals surface area contributed by atoms with Crippen LogP contribution >= 0.6 is 22.9 Å². The first kappa shape index (κ1) is 27.9. The van der Waals surface area contributed by atoms with Gasteiger partial charge in [-0.15, -0.1) is 0 Å². The van der Waals surface area contributed by atoms with E-state index >= 15 is 0 Å². The van der Waals surface area contributed by atoms with E-state index in [1.165, 1.54) is 22.8 Å². The molecular formula is C27H27ClN4O6S. The van der Waals surface area contributed by atoms with Gasteiger partial charge in [0.2, 0.25) is 0 Å². The van der Waals surface area contributed by atoms with Gasteiger partial charge in [-0.3, -0.25) is 14.0 Å². The quantitative estimate of drug-likeness (QED) is 0.289. The summed E-state index contributed by atoms with van der Waals surface area (Å²) in [6, 6.07) is 9.97. The molecule has 2 heterocycles. The number of nitrogens with one attached hydrogen (secondary N) is 2. The van der Waals surface area contributed by atoms with Crippen molar-refractivity contribution >= 4 is 46.0 Å². The van der Waals surface area contributed by atoms with Gasteiger partial charge in [-0.2, -0.15) is 0 Å². The molecule has 0 saturated carbocycles. The summed E-state index contributed by atoms with van der Waals surface area (Å²) in [4.78, 5) is 42.1. The van der Waals surface area contributed by atoms with Crippen LogP contribution < -0.4 is 25.5 Å². The molecule has 0 fully saturated rings. The summed E-state index contributed by atoms with van der Waals surface area (Å²) in [6.45, 7) is 5.79. The zero-order valence-electron chi connectivity index (χ0n) is 21.7. The first-order chi connectivity index (χ1) is 18.4. The van der Waals surface area contributed by atoms with Crippen molar-refractivity contribution in [3.63, 3.8) is 0 Å². The van der Waals surface area contributed by atoms with E-state index in [-0.39, 0.29) is 41.1 Å². The van der Waals surface area contributed by atoms with Gasteiger partial charge >= 0.3 is 6.09 Å². The maximum Gasteiger partial charge on any atom is 0.407 e. The second-order valence-corrected chi connectivity index (χ2v) is 10.9. The Bertz CT molecular complexity index is 1640. The van der Waals surface area contributed by atoms with Gasteiger partial charge in [0.25, 0.3) is 11.5 Å². The predicted molar refractivity (Wildman–Crippen MR) is 150 cm³/mol. The van der Waals surface area contributed by atoms with Crippen LogP contribution in [0.25, 0.3) is 22.3 Å². The summed E-state index contributed by atoms with van der Waals surface area (Å²) >= 11 is 7.27. The van der Waals surface area contributed by atoms with Crippen LogP contribution in [0.5, 0.6) is 11.5 Å². The molecule has 10 nitrogen and oxygen atoms in total. The number of carbonyl (C=O) groups is 2. The molecule has 2 amide bonds. The minimum Gasteiger partial charge on any atom is -0.503 e. The lowest BCUT2D eigenvalue weighted by atomic mass is 10.1. The minimum absolute atomic E-state index is 0.117. The number of thiazole rings is 1. The van der Waals surface area contributed by atoms with Crippen LogP contribution in [0.2, 0.25) is 5.02 Å². The summed E-state index contributed by atoms with van der Waals surface area (Å²) in [5, 5.41) is 15.4. The van der Waals surface area contributed by atoms with Crippen molar-refractivity contribution in [3.05, 3.63) is 73.6 Å². The van der Waals surface area contributed by atoms with Crippen LogP contribution in [0.15, 0.2) is 47.4 Å². The van der Waals surface area contributed by atoms with Crippen molar-refractivity contribution in [2.24, 2.45) is 0 Å². The summed E-state index contributed by atoms with van der Waals surface area (Å²) in [5.74, 6) is -0.242. The smallest absolute Gasteiger partial charge is 0.407 e. The summed E-state index contributed by atoms with van der Waals surface area (Å²) in [6.07, 6.45) is 2.76. The van der Waals surface area contributed by atoms with E-state index in [1.54, 1.807) is 69.4 Å².